The van der Waals surface area contributed by atoms with Crippen LogP contribution in [0.3, 0.4) is 0 Å². The van der Waals surface area contributed by atoms with Crippen molar-refractivity contribution in [1.82, 2.24) is 19.6 Å². The van der Waals surface area contributed by atoms with Crippen LogP contribution < -0.4 is 25.7 Å². The molecule has 3 N–H and O–H groups in total. The second kappa shape index (κ2) is 8.56. The van der Waals surface area contributed by atoms with E-state index in [0.29, 0.717) is 30.5 Å². The lowest BCUT2D eigenvalue weighted by atomic mass is 10.2. The Morgan fingerprint density at radius 3 is 2.47 bits per heavy atom. The van der Waals surface area contributed by atoms with Crippen molar-refractivity contribution in [2.24, 2.45) is 0 Å². The molecule has 154 valence electrons. The maximum Gasteiger partial charge on any atom is 0.274 e. The minimum absolute atomic E-state index is 0.241. The molecule has 2 heterocycles. The second-order valence-corrected chi connectivity index (χ2v) is 6.51. The minimum atomic E-state index is -0.241. The second-order valence-electron chi connectivity index (χ2n) is 6.51. The Balaban J connectivity index is 1.50. The van der Waals surface area contributed by atoms with Crippen LogP contribution in [0.25, 0.3) is 5.78 Å². The summed E-state index contributed by atoms with van der Waals surface area (Å²) in [5, 5.41) is 9.33. The molecule has 4 aromatic rings. The van der Waals surface area contributed by atoms with E-state index in [-0.39, 0.29) is 5.56 Å². The molecule has 0 saturated carbocycles. The van der Waals surface area contributed by atoms with E-state index in [1.54, 1.807) is 14.2 Å². The highest BCUT2D eigenvalue weighted by Gasteiger charge is 2.10. The van der Waals surface area contributed by atoms with Crippen LogP contribution in [-0.4, -0.2) is 33.8 Å². The molecule has 0 atom stereocenters. The molecule has 9 nitrogen and oxygen atoms in total. The highest BCUT2D eigenvalue weighted by atomic mass is 16.5. The Labute approximate surface area is 172 Å². The molecule has 2 aromatic carbocycles. The van der Waals surface area contributed by atoms with Crippen molar-refractivity contribution in [3.05, 3.63) is 76.2 Å². The van der Waals surface area contributed by atoms with Crippen LogP contribution in [0.1, 0.15) is 11.3 Å². The minimum Gasteiger partial charge on any atom is -0.496 e. The number of aromatic nitrogens is 4. The van der Waals surface area contributed by atoms with Gasteiger partial charge in [0.05, 0.1) is 32.1 Å². The standard InChI is InChI=1S/C21H22N6O3/c1-29-17-9-5-3-7-14(17)12-23-20-25-21-24-15(11-19(28)27(21)26-20)13-22-16-8-4-6-10-18(16)30-2/h3-11,22H,12-13H2,1-2H3,(H2,23,24,25,26). The van der Waals surface area contributed by atoms with Crippen LogP contribution in [-0.2, 0) is 13.1 Å². The smallest absolute Gasteiger partial charge is 0.274 e. The predicted octanol–water partition coefficient (Wildman–Crippen LogP) is 2.66. The topological polar surface area (TPSA) is 106 Å². The molecule has 4 rings (SSSR count). The number of rotatable bonds is 8. The van der Waals surface area contributed by atoms with Gasteiger partial charge in [0.1, 0.15) is 11.5 Å². The van der Waals surface area contributed by atoms with Crippen molar-refractivity contribution in [3.8, 4) is 11.5 Å². The fraction of sp³-hybridized carbons (Fsp3) is 0.190. The fourth-order valence-corrected chi connectivity index (χ4v) is 3.10. The molecule has 30 heavy (non-hydrogen) atoms. The Kier molecular flexibility index (Phi) is 5.51. The summed E-state index contributed by atoms with van der Waals surface area (Å²) < 4.78 is 12.0. The van der Waals surface area contributed by atoms with Gasteiger partial charge in [-0.05, 0) is 18.2 Å². The van der Waals surface area contributed by atoms with Crippen molar-refractivity contribution in [1.29, 1.82) is 0 Å². The number of hydrogen-bond acceptors (Lipinski definition) is 7. The molecule has 0 radical (unpaired) electrons. The van der Waals surface area contributed by atoms with E-state index in [9.17, 15) is 4.79 Å². The van der Waals surface area contributed by atoms with Gasteiger partial charge in [-0.2, -0.15) is 9.50 Å². The average Bonchev–Trinajstić information content (AvgIpc) is 3.20. The Morgan fingerprint density at radius 2 is 1.67 bits per heavy atom. The van der Waals surface area contributed by atoms with Gasteiger partial charge in [0.15, 0.2) is 0 Å². The zero-order valence-electron chi connectivity index (χ0n) is 16.7. The van der Waals surface area contributed by atoms with Gasteiger partial charge >= 0.3 is 0 Å². The molecule has 0 saturated heterocycles. The number of fused-ring (bicyclic) bond motifs is 1. The van der Waals surface area contributed by atoms with Gasteiger partial charge in [0, 0.05) is 18.2 Å². The zero-order chi connectivity index (χ0) is 20.9. The maximum atomic E-state index is 12.5. The highest BCUT2D eigenvalue weighted by Crippen LogP contribution is 2.23. The van der Waals surface area contributed by atoms with Crippen LogP contribution in [0, 0.1) is 0 Å². The quantitative estimate of drug-likeness (QED) is 0.413. The zero-order valence-corrected chi connectivity index (χ0v) is 16.7. The summed E-state index contributed by atoms with van der Waals surface area (Å²) >= 11 is 0. The summed E-state index contributed by atoms with van der Waals surface area (Å²) in [5.74, 6) is 2.24. The summed E-state index contributed by atoms with van der Waals surface area (Å²) in [5.41, 5.74) is 2.13. The van der Waals surface area contributed by atoms with Crippen molar-refractivity contribution >= 4 is 17.4 Å². The third kappa shape index (κ3) is 4.04. The first-order valence-corrected chi connectivity index (χ1v) is 9.39. The first-order valence-electron chi connectivity index (χ1n) is 9.39. The normalized spacial score (nSPS) is 10.7. The van der Waals surface area contributed by atoms with E-state index in [4.69, 9.17) is 9.47 Å². The summed E-state index contributed by atoms with van der Waals surface area (Å²) in [6, 6.07) is 16.7. The van der Waals surface area contributed by atoms with E-state index in [2.05, 4.69) is 25.7 Å². The number of aromatic amines is 1. The molecular weight excluding hydrogens is 384 g/mol. The molecule has 0 aliphatic rings. The monoisotopic (exact) mass is 406 g/mol. The largest absolute Gasteiger partial charge is 0.496 e. The fourth-order valence-electron chi connectivity index (χ4n) is 3.10. The predicted molar refractivity (Wildman–Crippen MR) is 114 cm³/mol. The molecule has 9 heteroatoms. The van der Waals surface area contributed by atoms with Gasteiger partial charge in [-0.25, -0.2) is 4.98 Å². The lowest BCUT2D eigenvalue weighted by Crippen LogP contribution is -2.17. The molecule has 0 fully saturated rings. The Morgan fingerprint density at radius 1 is 0.933 bits per heavy atom. The van der Waals surface area contributed by atoms with Gasteiger partial charge in [-0.15, -0.1) is 0 Å². The number of H-pyrrole nitrogens is 1. The first-order chi connectivity index (χ1) is 14.7. The number of nitrogens with zero attached hydrogens (tertiary/aromatic N) is 3. The van der Waals surface area contributed by atoms with Crippen molar-refractivity contribution in [3.63, 3.8) is 0 Å². The summed E-state index contributed by atoms with van der Waals surface area (Å²) in [6.45, 7) is 0.851. The Bertz CT molecular complexity index is 1220. The van der Waals surface area contributed by atoms with Gasteiger partial charge < -0.3 is 20.1 Å². The van der Waals surface area contributed by atoms with Crippen molar-refractivity contribution in [2.75, 3.05) is 24.9 Å². The number of nitrogens with one attached hydrogen (secondary N) is 3. The first kappa shape index (κ1) is 19.3. The lowest BCUT2D eigenvalue weighted by molar-refractivity contribution is 0.410. The van der Waals surface area contributed by atoms with Crippen LogP contribution in [0.2, 0.25) is 0 Å². The van der Waals surface area contributed by atoms with Crippen molar-refractivity contribution < 1.29 is 9.47 Å². The van der Waals surface area contributed by atoms with E-state index in [0.717, 1.165) is 22.7 Å². The molecular formula is C21H22N6O3. The molecule has 0 aliphatic heterocycles. The third-order valence-electron chi connectivity index (χ3n) is 4.59. The number of methoxy groups -OCH3 is 2. The molecule has 0 amide bonds. The van der Waals surface area contributed by atoms with E-state index < -0.39 is 0 Å². The van der Waals surface area contributed by atoms with Gasteiger partial charge in [-0.3, -0.25) is 9.89 Å². The van der Waals surface area contributed by atoms with Gasteiger partial charge in [0.2, 0.25) is 5.95 Å². The molecule has 2 aromatic heterocycles. The molecule has 0 aliphatic carbocycles. The van der Waals surface area contributed by atoms with E-state index in [1.807, 2.05) is 48.5 Å². The van der Waals surface area contributed by atoms with Crippen LogP contribution in [0.5, 0.6) is 11.5 Å². The molecule has 0 spiro atoms. The van der Waals surface area contributed by atoms with Crippen molar-refractivity contribution in [2.45, 2.75) is 13.1 Å². The van der Waals surface area contributed by atoms with Gasteiger partial charge in [-0.1, -0.05) is 30.3 Å². The van der Waals surface area contributed by atoms with Crippen LogP contribution >= 0.6 is 0 Å². The lowest BCUT2D eigenvalue weighted by Gasteiger charge is -2.10. The maximum absolute atomic E-state index is 12.5. The number of hydrogen-bond donors (Lipinski definition) is 3. The number of benzene rings is 2. The average molecular weight is 406 g/mol. The number of ether oxygens (including phenoxy) is 2. The molecule has 0 bridgehead atoms. The summed E-state index contributed by atoms with van der Waals surface area (Å²) in [7, 11) is 3.24. The van der Waals surface area contributed by atoms with Crippen LogP contribution in [0.15, 0.2) is 59.4 Å². The van der Waals surface area contributed by atoms with E-state index in [1.165, 1.54) is 10.6 Å². The third-order valence-corrected chi connectivity index (χ3v) is 4.59. The van der Waals surface area contributed by atoms with E-state index >= 15 is 0 Å². The number of para-hydroxylation sites is 3. The highest BCUT2D eigenvalue weighted by molar-refractivity contribution is 5.56. The summed E-state index contributed by atoms with van der Waals surface area (Å²) in [4.78, 5) is 21.3. The summed E-state index contributed by atoms with van der Waals surface area (Å²) in [6.07, 6.45) is 0. The van der Waals surface area contributed by atoms with Gasteiger partial charge in [0.25, 0.3) is 11.3 Å². The SMILES string of the molecule is COc1ccccc1CNc1nc2nc(CNc3ccccc3OC)cc(=O)n2[nH]1. The Hall–Kier alpha value is -4.01. The molecule has 0 unspecified atom stereocenters. The number of anilines is 2. The van der Waals surface area contributed by atoms with Crippen LogP contribution in [0.4, 0.5) is 11.6 Å².